The predicted molar refractivity (Wildman–Crippen MR) is 85.6 cm³/mol. The summed E-state index contributed by atoms with van der Waals surface area (Å²) >= 11 is 0. The second-order valence-electron chi connectivity index (χ2n) is 5.11. The third kappa shape index (κ3) is 5.36. The van der Waals surface area contributed by atoms with Gasteiger partial charge in [0.2, 0.25) is 11.8 Å². The maximum atomic E-state index is 12.2. The average Bonchev–Trinajstić information content (AvgIpc) is 2.48. The number of nitrogens with one attached hydrogen (secondary N) is 2. The van der Waals surface area contributed by atoms with Gasteiger partial charge in [0.25, 0.3) is 0 Å². The number of likely N-dealkylation sites (N-methyl/N-ethyl adjacent to an activating group) is 1. The van der Waals surface area contributed by atoms with E-state index in [1.54, 1.807) is 7.05 Å². The quantitative estimate of drug-likeness (QED) is 0.889. The number of hydrogen-bond acceptors (Lipinski definition) is 3. The van der Waals surface area contributed by atoms with Crippen LogP contribution in [-0.4, -0.2) is 42.9 Å². The summed E-state index contributed by atoms with van der Waals surface area (Å²) in [7, 11) is 1.67. The van der Waals surface area contributed by atoms with Crippen LogP contribution in [0.15, 0.2) is 30.3 Å². The lowest BCUT2D eigenvalue weighted by Crippen LogP contribution is -2.48. The number of anilines is 1. The normalized spacial score (nSPS) is 17.5. The number of benzene rings is 1. The fourth-order valence-corrected chi connectivity index (χ4v) is 2.34. The van der Waals surface area contributed by atoms with E-state index in [1.165, 1.54) is 4.90 Å². The van der Waals surface area contributed by atoms with Gasteiger partial charge in [-0.15, -0.1) is 12.4 Å². The van der Waals surface area contributed by atoms with E-state index < -0.39 is 0 Å². The molecular weight excluding hydrogens is 290 g/mol. The number of nitrogens with zero attached hydrogens (tertiary/aromatic N) is 1. The molecule has 6 heteroatoms. The Hall–Kier alpha value is -1.59. The molecule has 0 unspecified atom stereocenters. The van der Waals surface area contributed by atoms with Crippen molar-refractivity contribution in [1.29, 1.82) is 0 Å². The number of carbonyl (C=O) groups excluding carboxylic acids is 2. The number of halogens is 1. The molecule has 2 rings (SSSR count). The molecule has 116 valence electrons. The fourth-order valence-electron chi connectivity index (χ4n) is 2.34. The van der Waals surface area contributed by atoms with E-state index >= 15 is 0 Å². The summed E-state index contributed by atoms with van der Waals surface area (Å²) in [4.78, 5) is 25.5. The van der Waals surface area contributed by atoms with Gasteiger partial charge in [-0.05, 0) is 31.5 Å². The van der Waals surface area contributed by atoms with Gasteiger partial charge in [0, 0.05) is 12.7 Å². The SMILES string of the molecule is CN(CC(=O)Nc1ccccc1)C(=O)[C@H]1CCCCN1.Cl. The maximum absolute atomic E-state index is 12.2. The van der Waals surface area contributed by atoms with Gasteiger partial charge >= 0.3 is 0 Å². The van der Waals surface area contributed by atoms with Crippen LogP contribution in [0.5, 0.6) is 0 Å². The first kappa shape index (κ1) is 17.5. The highest BCUT2D eigenvalue weighted by Gasteiger charge is 2.24. The van der Waals surface area contributed by atoms with Crippen LogP contribution in [0.3, 0.4) is 0 Å². The lowest BCUT2D eigenvalue weighted by molar-refractivity contribution is -0.135. The third-order valence-corrected chi connectivity index (χ3v) is 3.42. The Labute approximate surface area is 131 Å². The number of amides is 2. The highest BCUT2D eigenvalue weighted by Crippen LogP contribution is 2.09. The Balaban J connectivity index is 0.00000220. The molecule has 0 aliphatic carbocycles. The monoisotopic (exact) mass is 311 g/mol. The van der Waals surface area contributed by atoms with E-state index in [1.807, 2.05) is 30.3 Å². The molecule has 1 aromatic rings. The first-order valence-corrected chi connectivity index (χ1v) is 7.00. The topological polar surface area (TPSA) is 61.4 Å². The largest absolute Gasteiger partial charge is 0.335 e. The van der Waals surface area contributed by atoms with Gasteiger partial charge in [0.1, 0.15) is 0 Å². The van der Waals surface area contributed by atoms with Gasteiger partial charge in [0.15, 0.2) is 0 Å². The van der Waals surface area contributed by atoms with Crippen molar-refractivity contribution >= 4 is 29.9 Å². The van der Waals surface area contributed by atoms with Gasteiger partial charge in [-0.1, -0.05) is 24.6 Å². The summed E-state index contributed by atoms with van der Waals surface area (Å²) in [5.74, 6) is -0.184. The summed E-state index contributed by atoms with van der Waals surface area (Å²) in [6.45, 7) is 0.951. The number of carbonyl (C=O) groups is 2. The van der Waals surface area contributed by atoms with Crippen molar-refractivity contribution in [3.05, 3.63) is 30.3 Å². The van der Waals surface area contributed by atoms with E-state index in [-0.39, 0.29) is 36.8 Å². The Morgan fingerprint density at radius 2 is 2.00 bits per heavy atom. The molecular formula is C15H22ClN3O2. The maximum Gasteiger partial charge on any atom is 0.243 e. The molecule has 1 saturated heterocycles. The summed E-state index contributed by atoms with van der Waals surface area (Å²) in [5.41, 5.74) is 0.745. The molecule has 1 aliphatic heterocycles. The molecule has 0 bridgehead atoms. The molecule has 1 aliphatic rings. The van der Waals surface area contributed by atoms with E-state index in [2.05, 4.69) is 10.6 Å². The fraction of sp³-hybridized carbons (Fsp3) is 0.467. The van der Waals surface area contributed by atoms with Crippen molar-refractivity contribution in [3.63, 3.8) is 0 Å². The Morgan fingerprint density at radius 3 is 2.62 bits per heavy atom. The van der Waals surface area contributed by atoms with Crippen LogP contribution in [0.25, 0.3) is 0 Å². The highest BCUT2D eigenvalue weighted by atomic mass is 35.5. The lowest BCUT2D eigenvalue weighted by atomic mass is 10.0. The number of rotatable bonds is 4. The number of piperidine rings is 1. The Bertz CT molecular complexity index is 461. The van der Waals surface area contributed by atoms with Crippen LogP contribution in [0.2, 0.25) is 0 Å². The molecule has 1 heterocycles. The van der Waals surface area contributed by atoms with Crippen LogP contribution in [0.4, 0.5) is 5.69 Å². The molecule has 1 aromatic carbocycles. The zero-order valence-electron chi connectivity index (χ0n) is 12.2. The average molecular weight is 312 g/mol. The van der Waals surface area contributed by atoms with E-state index in [0.717, 1.165) is 31.5 Å². The van der Waals surface area contributed by atoms with Crippen LogP contribution >= 0.6 is 12.4 Å². The molecule has 1 fully saturated rings. The zero-order valence-corrected chi connectivity index (χ0v) is 13.0. The summed E-state index contributed by atoms with van der Waals surface area (Å²) < 4.78 is 0. The summed E-state index contributed by atoms with van der Waals surface area (Å²) in [6.07, 6.45) is 3.03. The predicted octanol–water partition coefficient (Wildman–Crippen LogP) is 1.65. The van der Waals surface area contributed by atoms with Crippen LogP contribution < -0.4 is 10.6 Å². The lowest BCUT2D eigenvalue weighted by Gasteiger charge is -2.27. The molecule has 0 radical (unpaired) electrons. The second-order valence-corrected chi connectivity index (χ2v) is 5.11. The van der Waals surface area contributed by atoms with Gasteiger partial charge in [-0.2, -0.15) is 0 Å². The molecule has 0 spiro atoms. The van der Waals surface area contributed by atoms with Gasteiger partial charge in [-0.3, -0.25) is 9.59 Å². The molecule has 0 saturated carbocycles. The number of para-hydroxylation sites is 1. The Morgan fingerprint density at radius 1 is 1.29 bits per heavy atom. The molecule has 21 heavy (non-hydrogen) atoms. The molecule has 2 N–H and O–H groups in total. The van der Waals surface area contributed by atoms with Crippen LogP contribution in [-0.2, 0) is 9.59 Å². The van der Waals surface area contributed by atoms with Crippen LogP contribution in [0, 0.1) is 0 Å². The van der Waals surface area contributed by atoms with Crippen molar-refractivity contribution < 1.29 is 9.59 Å². The standard InChI is InChI=1S/C15H21N3O2.ClH/c1-18(15(20)13-9-5-6-10-16-13)11-14(19)17-12-7-3-2-4-8-12;/h2-4,7-8,13,16H,5-6,9-11H2,1H3,(H,17,19);1H/t13-;/m1./s1. The third-order valence-electron chi connectivity index (χ3n) is 3.42. The van der Waals surface area contributed by atoms with Gasteiger partial charge < -0.3 is 15.5 Å². The van der Waals surface area contributed by atoms with E-state index in [9.17, 15) is 9.59 Å². The minimum Gasteiger partial charge on any atom is -0.335 e. The second kappa shape index (κ2) is 8.64. The van der Waals surface area contributed by atoms with Crippen molar-refractivity contribution in [3.8, 4) is 0 Å². The van der Waals surface area contributed by atoms with Crippen LogP contribution in [0.1, 0.15) is 19.3 Å². The molecule has 2 amide bonds. The first-order valence-electron chi connectivity index (χ1n) is 7.00. The molecule has 5 nitrogen and oxygen atoms in total. The minimum atomic E-state index is -0.178. The summed E-state index contributed by atoms with van der Waals surface area (Å²) in [5, 5.41) is 5.98. The van der Waals surface area contributed by atoms with Crippen molar-refractivity contribution in [2.75, 3.05) is 25.5 Å². The molecule has 0 aromatic heterocycles. The first-order chi connectivity index (χ1) is 9.66. The van der Waals surface area contributed by atoms with E-state index in [0.29, 0.717) is 0 Å². The van der Waals surface area contributed by atoms with Gasteiger partial charge in [0.05, 0.1) is 12.6 Å². The van der Waals surface area contributed by atoms with Gasteiger partial charge in [-0.25, -0.2) is 0 Å². The molecule has 1 atom stereocenters. The summed E-state index contributed by atoms with van der Waals surface area (Å²) in [6, 6.07) is 9.11. The minimum absolute atomic E-state index is 0. The van der Waals surface area contributed by atoms with E-state index in [4.69, 9.17) is 0 Å². The van der Waals surface area contributed by atoms with Crippen molar-refractivity contribution in [1.82, 2.24) is 10.2 Å². The van der Waals surface area contributed by atoms with Crippen molar-refractivity contribution in [2.45, 2.75) is 25.3 Å². The van der Waals surface area contributed by atoms with Crippen molar-refractivity contribution in [2.24, 2.45) is 0 Å². The Kier molecular flexibility index (Phi) is 7.19. The zero-order chi connectivity index (χ0) is 14.4. The number of hydrogen-bond donors (Lipinski definition) is 2. The highest BCUT2D eigenvalue weighted by molar-refractivity contribution is 5.95. The smallest absolute Gasteiger partial charge is 0.243 e.